The normalized spacial score (nSPS) is 12.4. The van der Waals surface area contributed by atoms with Gasteiger partial charge in [-0.1, -0.05) is 6.07 Å². The van der Waals surface area contributed by atoms with Crippen LogP contribution >= 0.6 is 0 Å². The molecule has 0 bridgehead atoms. The first-order valence-corrected chi connectivity index (χ1v) is 5.95. The molecule has 0 aromatic carbocycles. The van der Waals surface area contributed by atoms with Gasteiger partial charge in [0.25, 0.3) is 0 Å². The number of aromatic nitrogens is 2. The predicted octanol–water partition coefficient (Wildman–Crippen LogP) is 1.41. The molecule has 1 unspecified atom stereocenters. The lowest BCUT2D eigenvalue weighted by atomic mass is 10.3. The molecule has 2 aromatic heterocycles. The second-order valence-corrected chi connectivity index (χ2v) is 4.11. The van der Waals surface area contributed by atoms with E-state index in [1.54, 1.807) is 7.11 Å². The molecule has 0 fully saturated rings. The number of carbonyl (C=O) groups excluding carboxylic acids is 1. The van der Waals surface area contributed by atoms with Crippen LogP contribution in [0.25, 0.3) is 5.52 Å². The first-order chi connectivity index (χ1) is 9.13. The number of nitrogens with zero attached hydrogens (tertiary/aromatic N) is 2. The Bertz CT molecular complexity index is 606. The number of hydrogen-bond donors (Lipinski definition) is 1. The summed E-state index contributed by atoms with van der Waals surface area (Å²) in [4.78, 5) is 16.2. The Morgan fingerprint density at radius 2 is 2.16 bits per heavy atom. The predicted molar refractivity (Wildman–Crippen MR) is 70.6 cm³/mol. The highest BCUT2D eigenvalue weighted by molar-refractivity contribution is 5.95. The van der Waals surface area contributed by atoms with E-state index in [1.807, 2.05) is 36.6 Å². The van der Waals surface area contributed by atoms with Gasteiger partial charge in [-0.05, 0) is 26.1 Å². The van der Waals surface area contributed by atoms with Gasteiger partial charge in [-0.2, -0.15) is 0 Å². The van der Waals surface area contributed by atoms with Crippen LogP contribution in [0.4, 0.5) is 0 Å². The Hall–Kier alpha value is -2.08. The topological polar surface area (TPSA) is 64.9 Å². The standard InChI is InChI=1S/C13H17N3O3/c1-8(14-2)12-15-11(13(17)19-4)9-6-5-7-10(18-3)16(9)12/h5-8,14H,1-4H3. The molecule has 6 nitrogen and oxygen atoms in total. The van der Waals surface area contributed by atoms with Crippen molar-refractivity contribution in [2.24, 2.45) is 0 Å². The highest BCUT2D eigenvalue weighted by Gasteiger charge is 2.22. The Morgan fingerprint density at radius 1 is 1.42 bits per heavy atom. The molecule has 0 saturated carbocycles. The summed E-state index contributed by atoms with van der Waals surface area (Å²) in [7, 11) is 4.76. The van der Waals surface area contributed by atoms with Gasteiger partial charge in [0.05, 0.1) is 25.8 Å². The smallest absolute Gasteiger partial charge is 0.358 e. The molecule has 0 saturated heterocycles. The zero-order valence-corrected chi connectivity index (χ0v) is 11.4. The summed E-state index contributed by atoms with van der Waals surface area (Å²) in [6.07, 6.45) is 0. The fourth-order valence-electron chi connectivity index (χ4n) is 1.96. The second-order valence-electron chi connectivity index (χ2n) is 4.11. The van der Waals surface area contributed by atoms with E-state index in [-0.39, 0.29) is 6.04 Å². The van der Waals surface area contributed by atoms with Crippen LogP contribution < -0.4 is 10.1 Å². The van der Waals surface area contributed by atoms with Crippen molar-refractivity contribution in [2.45, 2.75) is 13.0 Å². The van der Waals surface area contributed by atoms with Crippen LogP contribution in [0.5, 0.6) is 5.88 Å². The van der Waals surface area contributed by atoms with E-state index >= 15 is 0 Å². The lowest BCUT2D eigenvalue weighted by Gasteiger charge is -2.11. The van der Waals surface area contributed by atoms with E-state index in [0.717, 1.165) is 0 Å². The van der Waals surface area contributed by atoms with E-state index in [1.165, 1.54) is 7.11 Å². The Labute approximate surface area is 111 Å². The second kappa shape index (κ2) is 5.27. The van der Waals surface area contributed by atoms with E-state index in [0.29, 0.717) is 22.9 Å². The third-order valence-corrected chi connectivity index (χ3v) is 3.06. The van der Waals surface area contributed by atoms with Crippen molar-refractivity contribution in [3.8, 4) is 5.88 Å². The van der Waals surface area contributed by atoms with Crippen LogP contribution in [-0.4, -0.2) is 36.6 Å². The summed E-state index contributed by atoms with van der Waals surface area (Å²) < 4.78 is 11.9. The fourth-order valence-corrected chi connectivity index (χ4v) is 1.96. The maximum absolute atomic E-state index is 11.8. The van der Waals surface area contributed by atoms with Gasteiger partial charge in [0.1, 0.15) is 5.82 Å². The number of rotatable bonds is 4. The molecule has 2 aromatic rings. The Kier molecular flexibility index (Phi) is 3.71. The molecule has 0 aliphatic heterocycles. The van der Waals surface area contributed by atoms with Crippen LogP contribution in [0.15, 0.2) is 18.2 Å². The molecular weight excluding hydrogens is 246 g/mol. The Balaban J connectivity index is 2.77. The third-order valence-electron chi connectivity index (χ3n) is 3.06. The molecular formula is C13H17N3O3. The molecule has 2 heterocycles. The molecule has 0 spiro atoms. The highest BCUT2D eigenvalue weighted by Crippen LogP contribution is 2.24. The fraction of sp³-hybridized carbons (Fsp3) is 0.385. The number of imidazole rings is 1. The number of ether oxygens (including phenoxy) is 2. The number of pyridine rings is 1. The van der Waals surface area contributed by atoms with Crippen LogP contribution in [0, 0.1) is 0 Å². The van der Waals surface area contributed by atoms with E-state index in [4.69, 9.17) is 9.47 Å². The van der Waals surface area contributed by atoms with Crippen molar-refractivity contribution in [3.63, 3.8) is 0 Å². The van der Waals surface area contributed by atoms with Crippen molar-refractivity contribution >= 4 is 11.5 Å². The van der Waals surface area contributed by atoms with Gasteiger partial charge in [-0.3, -0.25) is 4.40 Å². The lowest BCUT2D eigenvalue weighted by Crippen LogP contribution is -2.16. The minimum absolute atomic E-state index is 0.0257. The van der Waals surface area contributed by atoms with Crippen molar-refractivity contribution < 1.29 is 14.3 Å². The zero-order valence-electron chi connectivity index (χ0n) is 11.4. The van der Waals surface area contributed by atoms with Gasteiger partial charge in [-0.15, -0.1) is 0 Å². The van der Waals surface area contributed by atoms with Crippen molar-refractivity contribution in [2.75, 3.05) is 21.3 Å². The van der Waals surface area contributed by atoms with Crippen LogP contribution in [0.1, 0.15) is 29.3 Å². The first-order valence-electron chi connectivity index (χ1n) is 5.95. The van der Waals surface area contributed by atoms with Gasteiger partial charge >= 0.3 is 5.97 Å². The summed E-state index contributed by atoms with van der Waals surface area (Å²) in [5, 5.41) is 3.10. The van der Waals surface area contributed by atoms with Crippen LogP contribution in [-0.2, 0) is 4.74 Å². The van der Waals surface area contributed by atoms with Crippen molar-refractivity contribution in [1.29, 1.82) is 0 Å². The zero-order chi connectivity index (χ0) is 14.0. The number of nitrogens with one attached hydrogen (secondary N) is 1. The minimum atomic E-state index is -0.458. The van der Waals surface area contributed by atoms with Gasteiger partial charge in [0.15, 0.2) is 11.6 Å². The summed E-state index contributed by atoms with van der Waals surface area (Å²) in [6.45, 7) is 1.96. The van der Waals surface area contributed by atoms with Crippen LogP contribution in [0.2, 0.25) is 0 Å². The molecule has 0 aliphatic carbocycles. The number of esters is 1. The molecule has 0 radical (unpaired) electrons. The number of fused-ring (bicyclic) bond motifs is 1. The minimum Gasteiger partial charge on any atom is -0.482 e. The van der Waals surface area contributed by atoms with Gasteiger partial charge in [0, 0.05) is 0 Å². The average Bonchev–Trinajstić information content (AvgIpc) is 2.85. The Morgan fingerprint density at radius 3 is 2.74 bits per heavy atom. The lowest BCUT2D eigenvalue weighted by molar-refractivity contribution is 0.0596. The quantitative estimate of drug-likeness (QED) is 0.845. The molecule has 0 aliphatic rings. The maximum atomic E-state index is 11.8. The third kappa shape index (κ3) is 2.15. The van der Waals surface area contributed by atoms with Crippen LogP contribution in [0.3, 0.4) is 0 Å². The van der Waals surface area contributed by atoms with Gasteiger partial charge < -0.3 is 14.8 Å². The van der Waals surface area contributed by atoms with Crippen molar-refractivity contribution in [3.05, 3.63) is 29.7 Å². The largest absolute Gasteiger partial charge is 0.482 e. The molecule has 1 atom stereocenters. The molecule has 0 amide bonds. The molecule has 2 rings (SSSR count). The molecule has 6 heteroatoms. The van der Waals surface area contributed by atoms with E-state index in [2.05, 4.69) is 10.3 Å². The molecule has 19 heavy (non-hydrogen) atoms. The van der Waals surface area contributed by atoms with Gasteiger partial charge in [0.2, 0.25) is 0 Å². The first kappa shape index (κ1) is 13.4. The average molecular weight is 263 g/mol. The molecule has 102 valence electrons. The summed E-state index contributed by atoms with van der Waals surface area (Å²) in [5.74, 6) is 0.868. The number of methoxy groups -OCH3 is 2. The van der Waals surface area contributed by atoms with Crippen molar-refractivity contribution in [1.82, 2.24) is 14.7 Å². The monoisotopic (exact) mass is 263 g/mol. The number of hydrogen-bond acceptors (Lipinski definition) is 5. The van der Waals surface area contributed by atoms with E-state index < -0.39 is 5.97 Å². The van der Waals surface area contributed by atoms with E-state index in [9.17, 15) is 4.79 Å². The highest BCUT2D eigenvalue weighted by atomic mass is 16.5. The SMILES string of the molecule is CNC(C)c1nc(C(=O)OC)c2cccc(OC)n12. The molecule has 1 N–H and O–H groups in total. The summed E-state index contributed by atoms with van der Waals surface area (Å²) in [6, 6.07) is 5.42. The maximum Gasteiger partial charge on any atom is 0.358 e. The number of carbonyl (C=O) groups is 1. The summed E-state index contributed by atoms with van der Waals surface area (Å²) in [5.41, 5.74) is 0.960. The van der Waals surface area contributed by atoms with Gasteiger partial charge in [-0.25, -0.2) is 9.78 Å². The summed E-state index contributed by atoms with van der Waals surface area (Å²) >= 11 is 0.